The maximum absolute atomic E-state index is 15.0. The van der Waals surface area contributed by atoms with E-state index in [9.17, 15) is 4.79 Å². The van der Waals surface area contributed by atoms with Crippen molar-refractivity contribution < 1.29 is 9.18 Å². The molecule has 2 heterocycles. The van der Waals surface area contributed by atoms with Crippen molar-refractivity contribution in [3.63, 3.8) is 0 Å². The van der Waals surface area contributed by atoms with Crippen LogP contribution < -0.4 is 9.80 Å². The average molecular weight is 472 g/mol. The number of imidazole rings is 1. The van der Waals surface area contributed by atoms with Crippen molar-refractivity contribution >= 4 is 28.3 Å². The summed E-state index contributed by atoms with van der Waals surface area (Å²) in [6, 6.07) is 21.0. The number of aromatic nitrogens is 2. The van der Waals surface area contributed by atoms with Crippen LogP contribution in [0.15, 0.2) is 73.1 Å². The van der Waals surface area contributed by atoms with Gasteiger partial charge < -0.3 is 19.3 Å². The van der Waals surface area contributed by atoms with E-state index < -0.39 is 0 Å². The van der Waals surface area contributed by atoms with Crippen LogP contribution in [0.2, 0.25) is 0 Å². The maximum atomic E-state index is 15.0. The van der Waals surface area contributed by atoms with Crippen LogP contribution >= 0.6 is 0 Å². The molecule has 1 aliphatic heterocycles. The summed E-state index contributed by atoms with van der Waals surface area (Å²) in [5.74, 6) is -0.477. The molecule has 1 saturated heterocycles. The van der Waals surface area contributed by atoms with Crippen LogP contribution in [0.3, 0.4) is 0 Å². The van der Waals surface area contributed by atoms with E-state index in [4.69, 9.17) is 0 Å². The number of nitrogens with zero attached hydrogens (tertiary/aromatic N) is 5. The van der Waals surface area contributed by atoms with Gasteiger partial charge in [-0.05, 0) is 68.5 Å². The Bertz CT molecular complexity index is 1350. The topological polar surface area (TPSA) is 44.6 Å². The summed E-state index contributed by atoms with van der Waals surface area (Å²) in [7, 11) is 5.79. The molecule has 5 rings (SSSR count). The molecule has 1 unspecified atom stereocenters. The first-order chi connectivity index (χ1) is 16.9. The molecule has 1 aromatic heterocycles. The number of hydrogen-bond donors (Lipinski definition) is 0. The van der Waals surface area contributed by atoms with E-state index in [1.165, 1.54) is 11.0 Å². The fourth-order valence-corrected chi connectivity index (χ4v) is 4.74. The summed E-state index contributed by atoms with van der Waals surface area (Å²) < 4.78 is 17.1. The van der Waals surface area contributed by atoms with Gasteiger partial charge in [-0.25, -0.2) is 9.37 Å². The molecule has 6 nitrogen and oxygen atoms in total. The van der Waals surface area contributed by atoms with E-state index >= 15 is 4.39 Å². The number of rotatable bonds is 6. The summed E-state index contributed by atoms with van der Waals surface area (Å²) in [6.07, 6.45) is 2.85. The first-order valence-electron chi connectivity index (χ1n) is 11.9. The van der Waals surface area contributed by atoms with E-state index in [2.05, 4.69) is 33.4 Å². The number of para-hydroxylation sites is 2. The summed E-state index contributed by atoms with van der Waals surface area (Å²) in [6.45, 7) is 2.30. The number of carbonyl (C=O) groups excluding carboxylic acids is 1. The SMILES string of the molecule is CN(C(=O)c1ccc(Cn2cnc3ccccc32)cc1)c1ccc(N2CCC(N(C)C)C2)c(F)c1. The smallest absolute Gasteiger partial charge is 0.258 e. The highest BCUT2D eigenvalue weighted by Crippen LogP contribution is 2.29. The van der Waals surface area contributed by atoms with E-state index in [1.54, 1.807) is 13.1 Å². The molecule has 4 aromatic rings. The second kappa shape index (κ2) is 9.50. The van der Waals surface area contributed by atoms with Crippen LogP contribution in [0.4, 0.5) is 15.8 Å². The molecule has 1 fully saturated rings. The Morgan fingerprint density at radius 2 is 1.83 bits per heavy atom. The van der Waals surface area contributed by atoms with Gasteiger partial charge in [0, 0.05) is 44.0 Å². The van der Waals surface area contributed by atoms with Crippen LogP contribution in [0.1, 0.15) is 22.3 Å². The van der Waals surface area contributed by atoms with Crippen molar-refractivity contribution in [1.29, 1.82) is 0 Å². The third kappa shape index (κ3) is 4.64. The number of benzene rings is 3. The van der Waals surface area contributed by atoms with Gasteiger partial charge in [0.15, 0.2) is 0 Å². The molecule has 1 atom stereocenters. The number of carbonyl (C=O) groups is 1. The minimum Gasteiger partial charge on any atom is -0.368 e. The number of fused-ring (bicyclic) bond motifs is 1. The molecule has 0 spiro atoms. The van der Waals surface area contributed by atoms with E-state index in [-0.39, 0.29) is 11.7 Å². The highest BCUT2D eigenvalue weighted by molar-refractivity contribution is 6.05. The van der Waals surface area contributed by atoms with E-state index in [0.717, 1.165) is 36.1 Å². The Balaban J connectivity index is 1.27. The molecule has 35 heavy (non-hydrogen) atoms. The fraction of sp³-hybridized carbons (Fsp3) is 0.286. The quantitative estimate of drug-likeness (QED) is 0.411. The van der Waals surface area contributed by atoms with Crippen molar-refractivity contribution in [2.24, 2.45) is 0 Å². The number of likely N-dealkylation sites (N-methyl/N-ethyl adjacent to an activating group) is 1. The molecule has 0 bridgehead atoms. The normalized spacial score (nSPS) is 15.8. The summed E-state index contributed by atoms with van der Waals surface area (Å²) >= 11 is 0. The molecule has 3 aromatic carbocycles. The number of halogens is 1. The lowest BCUT2D eigenvalue weighted by atomic mass is 10.1. The van der Waals surface area contributed by atoms with Crippen molar-refractivity contribution in [2.45, 2.75) is 19.0 Å². The number of hydrogen-bond acceptors (Lipinski definition) is 4. The highest BCUT2D eigenvalue weighted by atomic mass is 19.1. The van der Waals surface area contributed by atoms with E-state index in [0.29, 0.717) is 29.5 Å². The predicted molar refractivity (Wildman–Crippen MR) is 139 cm³/mol. The molecular weight excluding hydrogens is 441 g/mol. The third-order valence-corrected chi connectivity index (χ3v) is 6.94. The first kappa shape index (κ1) is 23.1. The van der Waals surface area contributed by atoms with Crippen molar-refractivity contribution in [2.75, 3.05) is 44.0 Å². The van der Waals surface area contributed by atoms with Crippen LogP contribution in [0.5, 0.6) is 0 Å². The highest BCUT2D eigenvalue weighted by Gasteiger charge is 2.26. The van der Waals surface area contributed by atoms with Gasteiger partial charge in [-0.15, -0.1) is 0 Å². The van der Waals surface area contributed by atoms with Crippen LogP contribution in [0.25, 0.3) is 11.0 Å². The van der Waals surface area contributed by atoms with Crippen LogP contribution in [-0.4, -0.2) is 60.6 Å². The second-order valence-electron chi connectivity index (χ2n) is 9.41. The molecular formula is C28H30FN5O. The Hall–Kier alpha value is -3.71. The molecule has 0 N–H and O–H groups in total. The molecule has 180 valence electrons. The minimum atomic E-state index is -0.301. The van der Waals surface area contributed by atoms with Crippen LogP contribution in [-0.2, 0) is 6.54 Å². The van der Waals surface area contributed by atoms with Gasteiger partial charge in [0.2, 0.25) is 0 Å². The Kier molecular flexibility index (Phi) is 6.26. The largest absolute Gasteiger partial charge is 0.368 e. The number of amides is 1. The van der Waals surface area contributed by atoms with Crippen molar-refractivity contribution in [1.82, 2.24) is 14.5 Å². The minimum absolute atomic E-state index is 0.175. The Labute approximate surface area is 205 Å². The Morgan fingerprint density at radius 3 is 2.54 bits per heavy atom. The van der Waals surface area contributed by atoms with Gasteiger partial charge in [-0.3, -0.25) is 4.79 Å². The van der Waals surface area contributed by atoms with Gasteiger partial charge in [0.1, 0.15) is 5.82 Å². The molecule has 1 amide bonds. The van der Waals surface area contributed by atoms with Gasteiger partial charge in [-0.1, -0.05) is 24.3 Å². The predicted octanol–water partition coefficient (Wildman–Crippen LogP) is 4.64. The monoisotopic (exact) mass is 471 g/mol. The molecule has 7 heteroatoms. The van der Waals surface area contributed by atoms with Gasteiger partial charge >= 0.3 is 0 Å². The zero-order valence-corrected chi connectivity index (χ0v) is 20.4. The van der Waals surface area contributed by atoms with Gasteiger partial charge in [0.25, 0.3) is 5.91 Å². The zero-order valence-electron chi connectivity index (χ0n) is 20.4. The maximum Gasteiger partial charge on any atom is 0.258 e. The first-order valence-corrected chi connectivity index (χ1v) is 11.9. The third-order valence-electron chi connectivity index (χ3n) is 6.94. The van der Waals surface area contributed by atoms with Crippen LogP contribution in [0, 0.1) is 5.82 Å². The standard InChI is InChI=1S/C28H30FN5O/c1-31(2)23-14-15-33(18-23)26-13-12-22(16-24(26)29)32(3)28(35)21-10-8-20(9-11-21)17-34-19-30-25-6-4-5-7-27(25)34/h4-13,16,19,23H,14-15,17-18H2,1-3H3. The summed E-state index contributed by atoms with van der Waals surface area (Å²) in [5, 5.41) is 0. The molecule has 0 radical (unpaired) electrons. The molecule has 0 saturated carbocycles. The fourth-order valence-electron chi connectivity index (χ4n) is 4.74. The second-order valence-corrected chi connectivity index (χ2v) is 9.41. The lowest BCUT2D eigenvalue weighted by Crippen LogP contribution is -2.31. The van der Waals surface area contributed by atoms with Gasteiger partial charge in [-0.2, -0.15) is 0 Å². The molecule has 0 aliphatic carbocycles. The lowest BCUT2D eigenvalue weighted by molar-refractivity contribution is 0.0993. The summed E-state index contributed by atoms with van der Waals surface area (Å²) in [4.78, 5) is 23.3. The van der Waals surface area contributed by atoms with Crippen molar-refractivity contribution in [3.8, 4) is 0 Å². The van der Waals surface area contributed by atoms with Gasteiger partial charge in [0.05, 0.1) is 23.0 Å². The zero-order chi connectivity index (χ0) is 24.5. The molecule has 1 aliphatic rings. The van der Waals surface area contributed by atoms with E-state index in [1.807, 2.05) is 60.9 Å². The lowest BCUT2D eigenvalue weighted by Gasteiger charge is -2.24. The average Bonchev–Trinajstić information content (AvgIpc) is 3.52. The summed E-state index contributed by atoms with van der Waals surface area (Å²) in [5.41, 5.74) is 4.79. The Morgan fingerprint density at radius 1 is 1.06 bits per heavy atom. The number of anilines is 2. The van der Waals surface area contributed by atoms with Crippen molar-refractivity contribution in [3.05, 3.63) is 90.0 Å².